The van der Waals surface area contributed by atoms with E-state index in [0.717, 1.165) is 19.0 Å². The van der Waals surface area contributed by atoms with Gasteiger partial charge in [-0.05, 0) is 59.0 Å². The van der Waals surface area contributed by atoms with Crippen LogP contribution >= 0.6 is 0 Å². The maximum atomic E-state index is 11.4. The Hall–Kier alpha value is -0.820. The van der Waals surface area contributed by atoms with Gasteiger partial charge in [-0.25, -0.2) is 8.42 Å². The Morgan fingerprint density at radius 1 is 1.11 bits per heavy atom. The van der Waals surface area contributed by atoms with Gasteiger partial charge in [0.25, 0.3) is 0 Å². The van der Waals surface area contributed by atoms with Gasteiger partial charge in [0.05, 0.1) is 12.3 Å². The molecule has 1 heterocycles. The summed E-state index contributed by atoms with van der Waals surface area (Å²) in [4.78, 5) is 7.69. The average Bonchev–Trinajstić information content (AvgIpc) is 2.66. The summed E-state index contributed by atoms with van der Waals surface area (Å²) in [6, 6.07) is 0.0785. The summed E-state index contributed by atoms with van der Waals surface area (Å²) in [5.41, 5.74) is 0.219. The van der Waals surface area contributed by atoms with Gasteiger partial charge in [-0.15, -0.1) is 0 Å². The first kappa shape index (κ1) is 22.5. The van der Waals surface area contributed by atoms with Crippen molar-refractivity contribution in [1.82, 2.24) is 15.5 Å². The van der Waals surface area contributed by atoms with Gasteiger partial charge in [-0.1, -0.05) is 25.7 Å². The Morgan fingerprint density at radius 2 is 1.74 bits per heavy atom. The maximum absolute atomic E-state index is 11.4. The number of sulfone groups is 1. The predicted octanol–water partition coefficient (Wildman–Crippen LogP) is 2.55. The van der Waals surface area contributed by atoms with Gasteiger partial charge in [-0.2, -0.15) is 0 Å². The molecule has 0 bridgehead atoms. The van der Waals surface area contributed by atoms with Gasteiger partial charge in [-0.3, -0.25) is 9.89 Å². The minimum absolute atomic E-state index is 0.0785. The van der Waals surface area contributed by atoms with Crippen LogP contribution in [0.2, 0.25) is 0 Å². The molecule has 27 heavy (non-hydrogen) atoms. The van der Waals surface area contributed by atoms with Crippen molar-refractivity contribution in [3.63, 3.8) is 0 Å². The van der Waals surface area contributed by atoms with Crippen LogP contribution in [0.3, 0.4) is 0 Å². The number of likely N-dealkylation sites (tertiary alicyclic amines) is 1. The molecule has 1 atom stereocenters. The summed E-state index contributed by atoms with van der Waals surface area (Å²) in [6.45, 7) is 8.16. The van der Waals surface area contributed by atoms with Gasteiger partial charge in [0.2, 0.25) is 0 Å². The lowest BCUT2D eigenvalue weighted by atomic mass is 9.79. The van der Waals surface area contributed by atoms with E-state index in [9.17, 15) is 8.42 Å². The van der Waals surface area contributed by atoms with Crippen molar-refractivity contribution in [1.29, 1.82) is 0 Å². The highest BCUT2D eigenvalue weighted by Crippen LogP contribution is 2.35. The number of nitrogens with zero attached hydrogens (tertiary/aromatic N) is 2. The minimum atomic E-state index is -2.93. The fourth-order valence-corrected chi connectivity index (χ4v) is 5.18. The van der Waals surface area contributed by atoms with E-state index in [2.05, 4.69) is 22.5 Å². The molecule has 6 nitrogen and oxygen atoms in total. The van der Waals surface area contributed by atoms with Crippen molar-refractivity contribution in [2.24, 2.45) is 4.99 Å². The van der Waals surface area contributed by atoms with Crippen molar-refractivity contribution in [2.75, 3.05) is 38.2 Å². The first-order chi connectivity index (χ1) is 12.8. The molecule has 2 rings (SSSR count). The number of aliphatic imine (C=N–C) groups is 1. The minimum Gasteiger partial charge on any atom is -0.357 e. The number of piperidine rings is 1. The van der Waals surface area contributed by atoms with Gasteiger partial charge >= 0.3 is 0 Å². The molecule has 2 fully saturated rings. The van der Waals surface area contributed by atoms with Gasteiger partial charge in [0.15, 0.2) is 5.96 Å². The summed E-state index contributed by atoms with van der Waals surface area (Å²) >= 11 is 0. The normalized spacial score (nSPS) is 23.0. The lowest BCUT2D eigenvalue weighted by Crippen LogP contribution is -2.55. The molecule has 0 aromatic carbocycles. The highest BCUT2D eigenvalue weighted by atomic mass is 32.2. The van der Waals surface area contributed by atoms with E-state index >= 15 is 0 Å². The zero-order valence-electron chi connectivity index (χ0n) is 17.6. The predicted molar refractivity (Wildman–Crippen MR) is 114 cm³/mol. The Morgan fingerprint density at radius 3 is 2.33 bits per heavy atom. The second kappa shape index (κ2) is 10.6. The zero-order valence-corrected chi connectivity index (χ0v) is 18.4. The highest BCUT2D eigenvalue weighted by Gasteiger charge is 2.38. The second-order valence-electron chi connectivity index (χ2n) is 8.49. The third kappa shape index (κ3) is 7.60. The Balaban J connectivity index is 2.02. The fraction of sp³-hybridized carbons (Fsp3) is 0.950. The molecular formula is C20H40N4O2S. The molecule has 0 radical (unpaired) electrons. The Kier molecular flexibility index (Phi) is 8.86. The molecule has 0 amide bonds. The molecule has 0 spiro atoms. The molecule has 2 N–H and O–H groups in total. The summed E-state index contributed by atoms with van der Waals surface area (Å²) in [5, 5.41) is 6.75. The van der Waals surface area contributed by atoms with Gasteiger partial charge in [0, 0.05) is 24.4 Å². The van der Waals surface area contributed by atoms with Crippen molar-refractivity contribution in [3.05, 3.63) is 0 Å². The third-order valence-electron chi connectivity index (χ3n) is 5.99. The van der Waals surface area contributed by atoms with Crippen LogP contribution in [0.4, 0.5) is 0 Å². The molecule has 1 unspecified atom stereocenters. The number of guanidine groups is 1. The monoisotopic (exact) mass is 400 g/mol. The Bertz CT molecular complexity index is 565. The van der Waals surface area contributed by atoms with E-state index < -0.39 is 9.84 Å². The van der Waals surface area contributed by atoms with Crippen LogP contribution in [-0.4, -0.2) is 69.0 Å². The molecule has 1 aliphatic carbocycles. The number of hydrogen-bond acceptors (Lipinski definition) is 4. The molecule has 0 aromatic heterocycles. The molecule has 1 aliphatic heterocycles. The van der Waals surface area contributed by atoms with E-state index in [1.807, 2.05) is 6.92 Å². The lowest BCUT2D eigenvalue weighted by Gasteiger charge is -2.47. The molecule has 2 aliphatic rings. The van der Waals surface area contributed by atoms with Crippen molar-refractivity contribution in [2.45, 2.75) is 83.2 Å². The highest BCUT2D eigenvalue weighted by molar-refractivity contribution is 7.90. The van der Waals surface area contributed by atoms with E-state index in [-0.39, 0.29) is 17.3 Å². The van der Waals surface area contributed by atoms with Gasteiger partial charge in [0.1, 0.15) is 9.84 Å². The lowest BCUT2D eigenvalue weighted by molar-refractivity contribution is 0.0407. The molecule has 1 saturated carbocycles. The quantitative estimate of drug-likeness (QED) is 0.484. The van der Waals surface area contributed by atoms with Crippen LogP contribution in [0, 0.1) is 0 Å². The number of rotatable bonds is 8. The molecule has 158 valence electrons. The topological polar surface area (TPSA) is 73.8 Å². The summed E-state index contributed by atoms with van der Waals surface area (Å²) < 4.78 is 22.8. The van der Waals surface area contributed by atoms with E-state index in [1.165, 1.54) is 70.7 Å². The van der Waals surface area contributed by atoms with Crippen LogP contribution in [0.5, 0.6) is 0 Å². The van der Waals surface area contributed by atoms with E-state index in [4.69, 9.17) is 4.99 Å². The van der Waals surface area contributed by atoms with Gasteiger partial charge < -0.3 is 10.6 Å². The number of nitrogens with one attached hydrogen (secondary N) is 2. The summed E-state index contributed by atoms with van der Waals surface area (Å²) in [6.07, 6.45) is 12.3. The fourth-order valence-electron chi connectivity index (χ4n) is 4.40. The van der Waals surface area contributed by atoms with Crippen LogP contribution in [0.25, 0.3) is 0 Å². The molecule has 1 saturated heterocycles. The smallest absolute Gasteiger partial charge is 0.191 e. The summed E-state index contributed by atoms with van der Waals surface area (Å²) in [7, 11) is -2.93. The molecule has 7 heteroatoms. The first-order valence-corrected chi connectivity index (χ1v) is 12.9. The van der Waals surface area contributed by atoms with Crippen molar-refractivity contribution >= 4 is 15.8 Å². The van der Waals surface area contributed by atoms with Crippen LogP contribution in [-0.2, 0) is 9.84 Å². The van der Waals surface area contributed by atoms with E-state index in [0.29, 0.717) is 6.42 Å². The standard InChI is InChI=1S/C20H40N4O2S/c1-4-21-19(23-18(2)11-16-27(3,25)26)22-17-20(12-7-5-8-13-20)24-14-9-6-10-15-24/h18H,4-17H2,1-3H3,(H2,21,22,23). The first-order valence-electron chi connectivity index (χ1n) is 10.8. The molecule has 0 aromatic rings. The third-order valence-corrected chi connectivity index (χ3v) is 6.97. The Labute approximate surface area is 166 Å². The second-order valence-corrected chi connectivity index (χ2v) is 10.8. The van der Waals surface area contributed by atoms with Crippen LogP contribution in [0.1, 0.15) is 71.6 Å². The maximum Gasteiger partial charge on any atom is 0.191 e. The number of hydrogen-bond donors (Lipinski definition) is 2. The zero-order chi connectivity index (χ0) is 19.8. The SMILES string of the molecule is CCNC(=NCC1(N2CCCCC2)CCCCC1)NC(C)CCS(C)(=O)=O. The van der Waals surface area contributed by atoms with Crippen LogP contribution < -0.4 is 10.6 Å². The summed E-state index contributed by atoms with van der Waals surface area (Å²) in [5.74, 6) is 1.03. The van der Waals surface area contributed by atoms with Crippen molar-refractivity contribution in [3.8, 4) is 0 Å². The van der Waals surface area contributed by atoms with Crippen molar-refractivity contribution < 1.29 is 8.42 Å². The largest absolute Gasteiger partial charge is 0.357 e. The molecular weight excluding hydrogens is 360 g/mol. The van der Waals surface area contributed by atoms with Crippen LogP contribution in [0.15, 0.2) is 4.99 Å². The van der Waals surface area contributed by atoms with E-state index in [1.54, 1.807) is 0 Å². The average molecular weight is 401 g/mol.